The van der Waals surface area contributed by atoms with Gasteiger partial charge in [0, 0.05) is 26.3 Å². The van der Waals surface area contributed by atoms with Crippen LogP contribution in [0.3, 0.4) is 0 Å². The Kier molecular flexibility index (Phi) is 5.05. The zero-order valence-corrected chi connectivity index (χ0v) is 16.3. The van der Waals surface area contributed by atoms with E-state index >= 15 is 0 Å². The first-order valence-corrected chi connectivity index (χ1v) is 9.86. The van der Waals surface area contributed by atoms with E-state index in [1.165, 1.54) is 0 Å². The van der Waals surface area contributed by atoms with E-state index < -0.39 is 0 Å². The molecule has 0 radical (unpaired) electrons. The monoisotopic (exact) mass is 382 g/mol. The normalized spacial score (nSPS) is 15.7. The molecular weight excluding hydrogens is 360 g/mol. The molecule has 3 aromatic rings. The number of carbonyl (C=O) groups excluding carboxylic acids is 1. The molecule has 4 rings (SSSR count). The van der Waals surface area contributed by atoms with Crippen molar-refractivity contribution in [1.82, 2.24) is 14.9 Å². The van der Waals surface area contributed by atoms with E-state index in [-0.39, 0.29) is 11.9 Å². The number of carbonyl (C=O) groups is 1. The molecule has 1 aliphatic heterocycles. The number of aromatic nitrogens is 2. The summed E-state index contributed by atoms with van der Waals surface area (Å²) in [4.78, 5) is 25.9. The quantitative estimate of drug-likeness (QED) is 0.692. The lowest BCUT2D eigenvalue weighted by Gasteiger charge is -2.28. The van der Waals surface area contributed by atoms with Crippen LogP contribution in [0.5, 0.6) is 0 Å². The molecule has 0 N–H and O–H groups in total. The Morgan fingerprint density at radius 3 is 2.70 bits per heavy atom. The number of hydrogen-bond acceptors (Lipinski definition) is 6. The molecule has 3 heterocycles. The summed E-state index contributed by atoms with van der Waals surface area (Å²) in [6, 6.07) is 11.7. The minimum atomic E-state index is -0.103. The predicted octanol–water partition coefficient (Wildman–Crippen LogP) is 3.36. The Balaban J connectivity index is 1.49. The fourth-order valence-corrected chi connectivity index (χ4v) is 4.17. The maximum atomic E-state index is 12.9. The molecule has 7 heteroatoms. The van der Waals surface area contributed by atoms with E-state index in [1.54, 1.807) is 22.4 Å². The number of rotatable bonds is 4. The first-order chi connectivity index (χ1) is 13.1. The van der Waals surface area contributed by atoms with Crippen LogP contribution in [-0.2, 0) is 4.74 Å². The SMILES string of the molecule is CC(c1nc2ccccc2s1)N(C)C(=O)c1ccc(N2CCOCC2)nc1. The van der Waals surface area contributed by atoms with E-state index in [0.29, 0.717) is 18.8 Å². The van der Waals surface area contributed by atoms with Crippen molar-refractivity contribution < 1.29 is 9.53 Å². The molecule has 1 aromatic carbocycles. The van der Waals surface area contributed by atoms with Gasteiger partial charge in [-0.05, 0) is 31.2 Å². The highest BCUT2D eigenvalue weighted by atomic mass is 32.1. The van der Waals surface area contributed by atoms with Crippen molar-refractivity contribution in [2.24, 2.45) is 0 Å². The molecule has 140 valence electrons. The van der Waals surface area contributed by atoms with Crippen LogP contribution in [0.1, 0.15) is 28.3 Å². The standard InChI is InChI=1S/C20H22N4O2S/c1-14(19-22-16-5-3-4-6-17(16)27-19)23(2)20(25)15-7-8-18(21-13-15)24-9-11-26-12-10-24/h3-8,13-14H,9-12H2,1-2H3. The Morgan fingerprint density at radius 2 is 2.00 bits per heavy atom. The third kappa shape index (κ3) is 3.65. The highest BCUT2D eigenvalue weighted by molar-refractivity contribution is 7.18. The summed E-state index contributed by atoms with van der Waals surface area (Å²) >= 11 is 1.63. The Morgan fingerprint density at radius 1 is 1.22 bits per heavy atom. The van der Waals surface area contributed by atoms with Crippen LogP contribution in [0.25, 0.3) is 10.2 Å². The number of fused-ring (bicyclic) bond motifs is 1. The summed E-state index contributed by atoms with van der Waals surface area (Å²) in [6.45, 7) is 5.09. The second kappa shape index (κ2) is 7.62. The summed E-state index contributed by atoms with van der Waals surface area (Å²) in [5.41, 5.74) is 1.56. The van der Waals surface area contributed by atoms with Crippen LogP contribution in [0, 0.1) is 0 Å². The van der Waals surface area contributed by atoms with Crippen LogP contribution in [0.4, 0.5) is 5.82 Å². The third-order valence-electron chi connectivity index (χ3n) is 4.90. The molecule has 1 atom stereocenters. The smallest absolute Gasteiger partial charge is 0.255 e. The molecule has 1 fully saturated rings. The van der Waals surface area contributed by atoms with Gasteiger partial charge in [-0.1, -0.05) is 12.1 Å². The van der Waals surface area contributed by atoms with Gasteiger partial charge in [-0.15, -0.1) is 11.3 Å². The van der Waals surface area contributed by atoms with Crippen molar-refractivity contribution in [3.63, 3.8) is 0 Å². The lowest BCUT2D eigenvalue weighted by molar-refractivity contribution is 0.0742. The van der Waals surface area contributed by atoms with Gasteiger partial charge in [0.1, 0.15) is 10.8 Å². The number of amides is 1. The Hall–Kier alpha value is -2.51. The molecule has 1 amide bonds. The average molecular weight is 382 g/mol. The van der Waals surface area contributed by atoms with Crippen molar-refractivity contribution in [1.29, 1.82) is 0 Å². The zero-order chi connectivity index (χ0) is 18.8. The van der Waals surface area contributed by atoms with Gasteiger partial charge in [0.25, 0.3) is 5.91 Å². The molecule has 1 unspecified atom stereocenters. The minimum absolute atomic E-state index is 0.0530. The van der Waals surface area contributed by atoms with E-state index in [4.69, 9.17) is 4.74 Å². The van der Waals surface area contributed by atoms with Crippen molar-refractivity contribution in [3.05, 3.63) is 53.2 Å². The third-order valence-corrected chi connectivity index (χ3v) is 6.11. The molecule has 0 spiro atoms. The van der Waals surface area contributed by atoms with Crippen LogP contribution < -0.4 is 4.90 Å². The van der Waals surface area contributed by atoms with E-state index in [0.717, 1.165) is 34.1 Å². The largest absolute Gasteiger partial charge is 0.378 e. The molecule has 0 aliphatic carbocycles. The van der Waals surface area contributed by atoms with Gasteiger partial charge in [-0.3, -0.25) is 4.79 Å². The highest BCUT2D eigenvalue weighted by Gasteiger charge is 2.22. The molecule has 0 saturated carbocycles. The number of morpholine rings is 1. The topological polar surface area (TPSA) is 58.6 Å². The van der Waals surface area contributed by atoms with Gasteiger partial charge in [-0.2, -0.15) is 0 Å². The molecule has 1 aliphatic rings. The van der Waals surface area contributed by atoms with Crippen LogP contribution in [0.15, 0.2) is 42.6 Å². The number of benzene rings is 1. The van der Waals surface area contributed by atoms with E-state index in [1.807, 2.05) is 44.3 Å². The summed E-state index contributed by atoms with van der Waals surface area (Å²) < 4.78 is 6.51. The molecule has 6 nitrogen and oxygen atoms in total. The Labute approximate surface area is 162 Å². The molecule has 27 heavy (non-hydrogen) atoms. The van der Waals surface area contributed by atoms with Gasteiger partial charge in [-0.25, -0.2) is 9.97 Å². The second-order valence-electron chi connectivity index (χ2n) is 6.62. The van der Waals surface area contributed by atoms with Crippen LogP contribution in [0.2, 0.25) is 0 Å². The summed E-state index contributed by atoms with van der Waals surface area (Å²) in [5, 5.41) is 0.935. The van der Waals surface area contributed by atoms with E-state index in [9.17, 15) is 4.79 Å². The maximum absolute atomic E-state index is 12.9. The van der Waals surface area contributed by atoms with Gasteiger partial charge in [0.05, 0.1) is 35.0 Å². The van der Waals surface area contributed by atoms with Crippen LogP contribution >= 0.6 is 11.3 Å². The predicted molar refractivity (Wildman–Crippen MR) is 107 cm³/mol. The minimum Gasteiger partial charge on any atom is -0.378 e. The first kappa shape index (κ1) is 17.9. The summed E-state index contributed by atoms with van der Waals surface area (Å²) in [7, 11) is 1.81. The first-order valence-electron chi connectivity index (χ1n) is 9.05. The number of anilines is 1. The van der Waals surface area contributed by atoms with Crippen molar-refractivity contribution in [2.45, 2.75) is 13.0 Å². The zero-order valence-electron chi connectivity index (χ0n) is 15.5. The summed E-state index contributed by atoms with van der Waals surface area (Å²) in [5.74, 6) is 0.833. The summed E-state index contributed by atoms with van der Waals surface area (Å²) in [6.07, 6.45) is 1.66. The number of para-hydroxylation sites is 1. The number of nitrogens with zero attached hydrogens (tertiary/aromatic N) is 4. The fraction of sp³-hybridized carbons (Fsp3) is 0.350. The number of pyridine rings is 1. The van der Waals surface area contributed by atoms with Gasteiger partial charge >= 0.3 is 0 Å². The number of ether oxygens (including phenoxy) is 1. The molecule has 1 saturated heterocycles. The lowest BCUT2D eigenvalue weighted by Crippen LogP contribution is -2.36. The number of hydrogen-bond donors (Lipinski definition) is 0. The lowest BCUT2D eigenvalue weighted by atomic mass is 10.2. The van der Waals surface area contributed by atoms with Crippen molar-refractivity contribution in [3.8, 4) is 0 Å². The molecule has 0 bridgehead atoms. The van der Waals surface area contributed by atoms with Crippen molar-refractivity contribution in [2.75, 3.05) is 38.3 Å². The van der Waals surface area contributed by atoms with Crippen LogP contribution in [-0.4, -0.2) is 54.1 Å². The molecule has 2 aromatic heterocycles. The fourth-order valence-electron chi connectivity index (χ4n) is 3.11. The average Bonchev–Trinajstić information content (AvgIpc) is 3.17. The Bertz CT molecular complexity index is 902. The molecular formula is C20H22N4O2S. The van der Waals surface area contributed by atoms with Gasteiger partial charge in [0.2, 0.25) is 0 Å². The van der Waals surface area contributed by atoms with Crippen molar-refractivity contribution >= 4 is 33.3 Å². The maximum Gasteiger partial charge on any atom is 0.255 e. The highest BCUT2D eigenvalue weighted by Crippen LogP contribution is 2.29. The van der Waals surface area contributed by atoms with Gasteiger partial charge < -0.3 is 14.5 Å². The van der Waals surface area contributed by atoms with E-state index in [2.05, 4.69) is 20.9 Å². The van der Waals surface area contributed by atoms with Gasteiger partial charge in [0.15, 0.2) is 0 Å². The number of thiazole rings is 1. The second-order valence-corrected chi connectivity index (χ2v) is 7.68.